The van der Waals surface area contributed by atoms with Crippen LogP contribution in [0.4, 0.5) is 0 Å². The van der Waals surface area contributed by atoms with Crippen LogP contribution in [-0.2, 0) is 0 Å². The van der Waals surface area contributed by atoms with Crippen LogP contribution in [0, 0.1) is 12.3 Å². The monoisotopic (exact) mass is 279 g/mol. The fraction of sp³-hybridized carbons (Fsp3) is 0.950. The lowest BCUT2D eigenvalue weighted by Gasteiger charge is -2.20. The van der Waals surface area contributed by atoms with Gasteiger partial charge in [0.25, 0.3) is 0 Å². The summed E-state index contributed by atoms with van der Waals surface area (Å²) >= 11 is 0. The molecule has 1 radical (unpaired) electrons. The van der Waals surface area contributed by atoms with E-state index in [4.69, 9.17) is 0 Å². The van der Waals surface area contributed by atoms with Crippen molar-refractivity contribution in [2.75, 3.05) is 0 Å². The van der Waals surface area contributed by atoms with Gasteiger partial charge in [-0.1, -0.05) is 110 Å². The topological polar surface area (TPSA) is 0 Å². The Balaban J connectivity index is 1.70. The summed E-state index contributed by atoms with van der Waals surface area (Å²) in [6, 6.07) is 0. The summed E-state index contributed by atoms with van der Waals surface area (Å²) in [6.07, 6.45) is 27.6. The van der Waals surface area contributed by atoms with Crippen LogP contribution in [-0.4, -0.2) is 0 Å². The largest absolute Gasteiger partial charge is 0.0654 e. The van der Waals surface area contributed by atoms with Gasteiger partial charge in [0, 0.05) is 0 Å². The van der Waals surface area contributed by atoms with E-state index in [1.165, 1.54) is 109 Å². The van der Waals surface area contributed by atoms with E-state index >= 15 is 0 Å². The molecule has 1 rings (SSSR count). The van der Waals surface area contributed by atoms with Crippen molar-refractivity contribution < 1.29 is 0 Å². The average Bonchev–Trinajstić information content (AvgIpc) is 2.49. The lowest BCUT2D eigenvalue weighted by atomic mass is 9.85. The highest BCUT2D eigenvalue weighted by Crippen LogP contribution is 2.27. The summed E-state index contributed by atoms with van der Waals surface area (Å²) in [5.41, 5.74) is 0. The van der Waals surface area contributed by atoms with Crippen LogP contribution >= 0.6 is 0 Å². The van der Waals surface area contributed by atoms with E-state index in [-0.39, 0.29) is 0 Å². The molecule has 0 aromatic heterocycles. The third-order valence-corrected chi connectivity index (χ3v) is 4.96. The molecule has 1 aliphatic rings. The fourth-order valence-corrected chi connectivity index (χ4v) is 3.53. The second-order valence-corrected chi connectivity index (χ2v) is 6.96. The van der Waals surface area contributed by atoms with Gasteiger partial charge in [-0.15, -0.1) is 0 Å². The highest BCUT2D eigenvalue weighted by atomic mass is 14.2. The van der Waals surface area contributed by atoms with Crippen molar-refractivity contribution in [3.8, 4) is 0 Å². The molecule has 0 spiro atoms. The van der Waals surface area contributed by atoms with Crippen molar-refractivity contribution in [1.82, 2.24) is 0 Å². The molecule has 20 heavy (non-hydrogen) atoms. The molecule has 1 saturated carbocycles. The summed E-state index contributed by atoms with van der Waals surface area (Å²) in [5, 5.41) is 0. The summed E-state index contributed by atoms with van der Waals surface area (Å²) in [5.74, 6) is 0.979. The van der Waals surface area contributed by atoms with Gasteiger partial charge in [0.1, 0.15) is 0 Å². The lowest BCUT2D eigenvalue weighted by Crippen LogP contribution is -2.06. The number of hydrogen-bond acceptors (Lipinski definition) is 0. The van der Waals surface area contributed by atoms with Gasteiger partial charge < -0.3 is 0 Å². The van der Waals surface area contributed by atoms with Gasteiger partial charge in [0.15, 0.2) is 0 Å². The molecule has 1 fully saturated rings. The third kappa shape index (κ3) is 10.7. The Labute approximate surface area is 129 Å². The van der Waals surface area contributed by atoms with Crippen molar-refractivity contribution in [1.29, 1.82) is 0 Å². The van der Waals surface area contributed by atoms with Crippen LogP contribution < -0.4 is 0 Å². The van der Waals surface area contributed by atoms with E-state index in [1.807, 2.05) is 0 Å². The summed E-state index contributed by atoms with van der Waals surface area (Å²) < 4.78 is 0. The second kappa shape index (κ2) is 14.0. The Hall–Kier alpha value is 0. The minimum absolute atomic E-state index is 0.979. The first-order chi connectivity index (χ1) is 9.93. The van der Waals surface area contributed by atoms with E-state index in [1.54, 1.807) is 0 Å². The van der Waals surface area contributed by atoms with Crippen molar-refractivity contribution in [3.63, 3.8) is 0 Å². The molecule has 0 atom stereocenters. The number of unbranched alkanes of at least 4 members (excludes halogenated alkanes) is 11. The van der Waals surface area contributed by atoms with Crippen molar-refractivity contribution in [2.24, 2.45) is 5.92 Å². The lowest BCUT2D eigenvalue weighted by molar-refractivity contribution is 0.387. The molecular formula is C20H39. The van der Waals surface area contributed by atoms with Crippen molar-refractivity contribution in [2.45, 2.75) is 116 Å². The number of hydrogen-bond donors (Lipinski definition) is 0. The Kier molecular flexibility index (Phi) is 12.6. The van der Waals surface area contributed by atoms with Crippen LogP contribution in [0.5, 0.6) is 0 Å². The summed E-state index contributed by atoms with van der Waals surface area (Å²) in [7, 11) is 0. The first-order valence-corrected chi connectivity index (χ1v) is 9.77. The van der Waals surface area contributed by atoms with Crippen LogP contribution in [0.1, 0.15) is 116 Å². The normalized spacial score (nSPS) is 16.6. The zero-order valence-corrected chi connectivity index (χ0v) is 14.2. The van der Waals surface area contributed by atoms with Crippen LogP contribution in [0.2, 0.25) is 0 Å². The highest BCUT2D eigenvalue weighted by Gasteiger charge is 2.12. The second-order valence-electron chi connectivity index (χ2n) is 6.96. The van der Waals surface area contributed by atoms with Gasteiger partial charge >= 0.3 is 0 Å². The van der Waals surface area contributed by atoms with Crippen LogP contribution in [0.25, 0.3) is 0 Å². The molecule has 119 valence electrons. The molecule has 0 unspecified atom stereocenters. The van der Waals surface area contributed by atoms with E-state index < -0.39 is 0 Å². The predicted molar refractivity (Wildman–Crippen MR) is 92.0 cm³/mol. The van der Waals surface area contributed by atoms with Crippen LogP contribution in [0.3, 0.4) is 0 Å². The molecular weight excluding hydrogens is 240 g/mol. The van der Waals surface area contributed by atoms with Crippen LogP contribution in [0.15, 0.2) is 0 Å². The number of rotatable bonds is 13. The third-order valence-electron chi connectivity index (χ3n) is 4.96. The van der Waals surface area contributed by atoms with Gasteiger partial charge in [-0.2, -0.15) is 0 Å². The minimum Gasteiger partial charge on any atom is -0.0654 e. The molecule has 0 N–H and O–H groups in total. The Morgan fingerprint density at radius 3 is 1.70 bits per heavy atom. The van der Waals surface area contributed by atoms with Gasteiger partial charge in [-0.3, -0.25) is 0 Å². The Bertz CT molecular complexity index is 178. The van der Waals surface area contributed by atoms with Gasteiger partial charge in [-0.05, 0) is 18.8 Å². The van der Waals surface area contributed by atoms with E-state index in [9.17, 15) is 0 Å². The fourth-order valence-electron chi connectivity index (χ4n) is 3.53. The maximum Gasteiger partial charge on any atom is -0.0355 e. The quantitative estimate of drug-likeness (QED) is 0.307. The van der Waals surface area contributed by atoms with E-state index in [2.05, 4.69) is 13.3 Å². The van der Waals surface area contributed by atoms with Gasteiger partial charge in [0.05, 0.1) is 0 Å². The molecule has 0 saturated heterocycles. The Morgan fingerprint density at radius 2 is 1.15 bits per heavy atom. The van der Waals surface area contributed by atoms with Crippen molar-refractivity contribution in [3.05, 3.63) is 6.42 Å². The molecule has 0 aromatic carbocycles. The van der Waals surface area contributed by atoms with E-state index in [0.29, 0.717) is 0 Å². The van der Waals surface area contributed by atoms with Gasteiger partial charge in [-0.25, -0.2) is 0 Å². The summed E-state index contributed by atoms with van der Waals surface area (Å²) in [6.45, 7) is 2.30. The molecule has 0 amide bonds. The molecule has 0 heterocycles. The predicted octanol–water partition coefficient (Wildman–Crippen LogP) is 7.47. The Morgan fingerprint density at radius 1 is 0.650 bits per heavy atom. The smallest absolute Gasteiger partial charge is 0.0355 e. The SMILES string of the molecule is CCCCCCCCCCCCC[CH]C1CCCCC1. The minimum atomic E-state index is 0.979. The van der Waals surface area contributed by atoms with Gasteiger partial charge in [0.2, 0.25) is 0 Å². The molecule has 0 bridgehead atoms. The maximum atomic E-state index is 2.65. The highest BCUT2D eigenvalue weighted by molar-refractivity contribution is 4.79. The molecule has 1 aliphatic carbocycles. The average molecular weight is 280 g/mol. The summed E-state index contributed by atoms with van der Waals surface area (Å²) in [4.78, 5) is 0. The molecule has 0 aromatic rings. The van der Waals surface area contributed by atoms with Crippen molar-refractivity contribution >= 4 is 0 Å². The zero-order chi connectivity index (χ0) is 14.3. The zero-order valence-electron chi connectivity index (χ0n) is 14.2. The molecule has 0 aliphatic heterocycles. The maximum absolute atomic E-state index is 2.65. The first kappa shape index (κ1) is 18.1. The first-order valence-electron chi connectivity index (χ1n) is 9.77. The molecule has 0 nitrogen and oxygen atoms in total. The van der Waals surface area contributed by atoms with E-state index in [0.717, 1.165) is 5.92 Å². The molecule has 0 heteroatoms. The standard InChI is InChI=1S/C20H39/c1-2-3-4-5-6-7-8-9-10-11-12-14-17-20-18-15-13-16-19-20/h17,20H,2-16,18-19H2,1H3.